The predicted octanol–water partition coefficient (Wildman–Crippen LogP) is 3.13. The second kappa shape index (κ2) is 5.98. The Hall–Kier alpha value is -2.27. The second-order valence-corrected chi connectivity index (χ2v) is 6.89. The Morgan fingerprint density at radius 1 is 1.33 bits per heavy atom. The number of H-pyrrole nitrogens is 1. The van der Waals surface area contributed by atoms with Gasteiger partial charge in [-0.05, 0) is 30.9 Å². The molecule has 24 heavy (non-hydrogen) atoms. The maximum atomic E-state index is 4.50. The van der Waals surface area contributed by atoms with Crippen LogP contribution in [0.4, 0.5) is 5.95 Å². The smallest absolute Gasteiger partial charge is 0.204 e. The topological polar surface area (TPSA) is 48.9 Å². The van der Waals surface area contributed by atoms with E-state index in [1.807, 2.05) is 25.2 Å². The molecule has 1 aliphatic carbocycles. The molecule has 0 bridgehead atoms. The molecule has 5 nitrogen and oxygen atoms in total. The molecular formula is C19H25N5. The molecule has 4 rings (SSSR count). The summed E-state index contributed by atoms with van der Waals surface area (Å²) < 4.78 is 2.15. The zero-order valence-electron chi connectivity index (χ0n) is 14.6. The Morgan fingerprint density at radius 3 is 2.96 bits per heavy atom. The quantitative estimate of drug-likeness (QED) is 0.775. The lowest BCUT2D eigenvalue weighted by molar-refractivity contribution is 0.446. The Kier molecular flexibility index (Phi) is 3.81. The summed E-state index contributed by atoms with van der Waals surface area (Å²) in [6.45, 7) is 0.830. The lowest BCUT2D eigenvalue weighted by atomic mass is 9.91. The number of aryl methyl sites for hydroxylation is 1. The Labute approximate surface area is 142 Å². The van der Waals surface area contributed by atoms with Crippen molar-refractivity contribution in [1.82, 2.24) is 19.9 Å². The van der Waals surface area contributed by atoms with Gasteiger partial charge in [-0.3, -0.25) is 0 Å². The highest BCUT2D eigenvalue weighted by molar-refractivity contribution is 5.85. The minimum Gasteiger partial charge on any atom is -0.357 e. The fourth-order valence-corrected chi connectivity index (χ4v) is 3.86. The molecule has 2 aromatic heterocycles. The molecule has 1 unspecified atom stereocenters. The number of para-hydroxylation sites is 1. The molecule has 0 amide bonds. The van der Waals surface area contributed by atoms with Crippen LogP contribution >= 0.6 is 0 Å². The van der Waals surface area contributed by atoms with Crippen LogP contribution in [0.1, 0.15) is 35.8 Å². The van der Waals surface area contributed by atoms with Crippen molar-refractivity contribution < 1.29 is 0 Å². The molecule has 0 aliphatic heterocycles. The summed E-state index contributed by atoms with van der Waals surface area (Å²) in [6.07, 6.45) is 5.56. The lowest BCUT2D eigenvalue weighted by Crippen LogP contribution is -2.26. The predicted molar refractivity (Wildman–Crippen MR) is 98.4 cm³/mol. The van der Waals surface area contributed by atoms with Gasteiger partial charge in [-0.15, -0.1) is 0 Å². The van der Waals surface area contributed by atoms with E-state index in [-0.39, 0.29) is 0 Å². The van der Waals surface area contributed by atoms with Crippen LogP contribution in [0.2, 0.25) is 0 Å². The van der Waals surface area contributed by atoms with E-state index in [0.717, 1.165) is 12.5 Å². The fraction of sp³-hybridized carbons (Fsp3) is 0.421. The van der Waals surface area contributed by atoms with Crippen LogP contribution in [-0.2, 0) is 20.0 Å². The van der Waals surface area contributed by atoms with Gasteiger partial charge in [-0.25, -0.2) is 4.98 Å². The van der Waals surface area contributed by atoms with E-state index in [9.17, 15) is 0 Å². The van der Waals surface area contributed by atoms with Crippen LogP contribution in [0.3, 0.4) is 0 Å². The molecule has 0 radical (unpaired) electrons. The van der Waals surface area contributed by atoms with E-state index in [1.165, 1.54) is 47.1 Å². The highest BCUT2D eigenvalue weighted by Crippen LogP contribution is 2.34. The van der Waals surface area contributed by atoms with E-state index in [0.29, 0.717) is 6.04 Å². The number of nitrogens with zero attached hydrogens (tertiary/aromatic N) is 3. The third-order valence-corrected chi connectivity index (χ3v) is 5.10. The third-order valence-electron chi connectivity index (χ3n) is 5.10. The first kappa shape index (κ1) is 15.3. The summed E-state index contributed by atoms with van der Waals surface area (Å²) in [5, 5.41) is 5.12. The molecule has 0 saturated heterocycles. The van der Waals surface area contributed by atoms with Gasteiger partial charge in [0.1, 0.15) is 0 Å². The largest absolute Gasteiger partial charge is 0.357 e. The van der Waals surface area contributed by atoms with Crippen LogP contribution in [-0.4, -0.2) is 28.6 Å². The number of imidazole rings is 1. The molecule has 0 fully saturated rings. The highest BCUT2D eigenvalue weighted by Gasteiger charge is 2.24. The monoisotopic (exact) mass is 323 g/mol. The summed E-state index contributed by atoms with van der Waals surface area (Å²) in [7, 11) is 6.13. The van der Waals surface area contributed by atoms with Gasteiger partial charge in [0, 0.05) is 50.3 Å². The van der Waals surface area contributed by atoms with Crippen LogP contribution < -0.4 is 10.2 Å². The van der Waals surface area contributed by atoms with Gasteiger partial charge in [0.15, 0.2) is 0 Å². The molecule has 0 saturated carbocycles. The van der Waals surface area contributed by atoms with Gasteiger partial charge in [-0.2, -0.15) is 0 Å². The highest BCUT2D eigenvalue weighted by atomic mass is 15.3. The van der Waals surface area contributed by atoms with Crippen LogP contribution in [0.25, 0.3) is 10.9 Å². The van der Waals surface area contributed by atoms with Gasteiger partial charge in [-0.1, -0.05) is 18.2 Å². The Balaban J connectivity index is 1.57. The zero-order chi connectivity index (χ0) is 16.7. The number of benzene rings is 1. The first-order valence-electron chi connectivity index (χ1n) is 8.66. The number of anilines is 1. The molecule has 1 atom stereocenters. The average Bonchev–Trinajstić information content (AvgIpc) is 3.14. The van der Waals surface area contributed by atoms with E-state index < -0.39 is 0 Å². The molecule has 2 N–H and O–H groups in total. The number of fused-ring (bicyclic) bond motifs is 3. The van der Waals surface area contributed by atoms with Gasteiger partial charge >= 0.3 is 0 Å². The van der Waals surface area contributed by atoms with Crippen molar-refractivity contribution in [3.63, 3.8) is 0 Å². The molecule has 1 aromatic carbocycles. The number of aromatic nitrogens is 3. The SMILES string of the molecule is CN(C)c1ncc(CNC2CCCc3c2[nH]c2ccccc32)n1C. The standard InChI is InChI=1S/C19H25N5/c1-23(2)19-21-12-13(24(19)3)11-20-17-10-6-8-15-14-7-4-5-9-16(14)22-18(15)17/h4-5,7,9,12,17,20,22H,6,8,10-11H2,1-3H3. The molecule has 1 aliphatic rings. The maximum absolute atomic E-state index is 4.50. The molecule has 126 valence electrons. The van der Waals surface area contributed by atoms with Crippen LogP contribution in [0, 0.1) is 0 Å². The summed E-state index contributed by atoms with van der Waals surface area (Å²) in [4.78, 5) is 10.2. The van der Waals surface area contributed by atoms with Crippen molar-refractivity contribution in [1.29, 1.82) is 0 Å². The molecule has 0 spiro atoms. The van der Waals surface area contributed by atoms with Crippen LogP contribution in [0.5, 0.6) is 0 Å². The van der Waals surface area contributed by atoms with Gasteiger partial charge in [0.25, 0.3) is 0 Å². The first-order valence-corrected chi connectivity index (χ1v) is 8.66. The number of nitrogens with one attached hydrogen (secondary N) is 2. The summed E-state index contributed by atoms with van der Waals surface area (Å²) in [6, 6.07) is 9.03. The van der Waals surface area contributed by atoms with Gasteiger partial charge in [0.2, 0.25) is 5.95 Å². The van der Waals surface area contributed by atoms with Crippen molar-refractivity contribution in [2.75, 3.05) is 19.0 Å². The van der Waals surface area contributed by atoms with Crippen molar-refractivity contribution in [2.24, 2.45) is 7.05 Å². The molecule has 5 heteroatoms. The minimum atomic E-state index is 0.388. The Bertz CT molecular complexity index is 858. The summed E-state index contributed by atoms with van der Waals surface area (Å²) in [5.41, 5.74) is 5.33. The number of hydrogen-bond acceptors (Lipinski definition) is 3. The third kappa shape index (κ3) is 2.49. The maximum Gasteiger partial charge on any atom is 0.204 e. The van der Waals surface area contributed by atoms with E-state index in [4.69, 9.17) is 0 Å². The van der Waals surface area contributed by atoms with Crippen molar-refractivity contribution in [3.8, 4) is 0 Å². The van der Waals surface area contributed by atoms with E-state index in [2.05, 4.69) is 51.2 Å². The van der Waals surface area contributed by atoms with Crippen molar-refractivity contribution in [2.45, 2.75) is 31.8 Å². The normalized spacial score (nSPS) is 17.2. The summed E-state index contributed by atoms with van der Waals surface area (Å²) >= 11 is 0. The second-order valence-electron chi connectivity index (χ2n) is 6.89. The van der Waals surface area contributed by atoms with E-state index in [1.54, 1.807) is 0 Å². The number of hydrogen-bond donors (Lipinski definition) is 2. The molecule has 3 aromatic rings. The van der Waals surface area contributed by atoms with Gasteiger partial charge < -0.3 is 19.8 Å². The minimum absolute atomic E-state index is 0.388. The zero-order valence-corrected chi connectivity index (χ0v) is 14.6. The average molecular weight is 323 g/mol. The van der Waals surface area contributed by atoms with Crippen molar-refractivity contribution in [3.05, 3.63) is 47.4 Å². The lowest BCUT2D eigenvalue weighted by Gasteiger charge is -2.24. The number of rotatable bonds is 4. The fourth-order valence-electron chi connectivity index (χ4n) is 3.86. The first-order chi connectivity index (χ1) is 11.6. The van der Waals surface area contributed by atoms with Gasteiger partial charge in [0.05, 0.1) is 11.9 Å². The summed E-state index contributed by atoms with van der Waals surface area (Å²) in [5.74, 6) is 0.988. The van der Waals surface area contributed by atoms with E-state index >= 15 is 0 Å². The number of aromatic amines is 1. The molecule has 2 heterocycles. The Morgan fingerprint density at radius 2 is 2.17 bits per heavy atom. The molecular weight excluding hydrogens is 298 g/mol. The van der Waals surface area contributed by atoms with Crippen LogP contribution in [0.15, 0.2) is 30.5 Å². The van der Waals surface area contributed by atoms with Crippen molar-refractivity contribution >= 4 is 16.9 Å².